The third-order valence-corrected chi connectivity index (χ3v) is 4.49. The molecule has 2 rings (SSSR count). The quantitative estimate of drug-likeness (QED) is 0.752. The summed E-state index contributed by atoms with van der Waals surface area (Å²) >= 11 is 1.64. The van der Waals surface area contributed by atoms with Crippen molar-refractivity contribution in [1.82, 2.24) is 20.2 Å². The summed E-state index contributed by atoms with van der Waals surface area (Å²) in [5, 5.41) is 21.9. The fourth-order valence-electron chi connectivity index (χ4n) is 2.16. The molecule has 0 spiro atoms. The largest absolute Gasteiger partial charge is 0.217 e. The lowest BCUT2D eigenvalue weighted by Gasteiger charge is -2.13. The van der Waals surface area contributed by atoms with Crippen LogP contribution in [-0.2, 0) is 0 Å². The molecule has 0 bridgehead atoms. The lowest BCUT2D eigenvalue weighted by Crippen LogP contribution is -2.10. The summed E-state index contributed by atoms with van der Waals surface area (Å²) in [7, 11) is 0. The normalized spacial score (nSPS) is 18.1. The average Bonchev–Trinajstić information content (AvgIpc) is 2.98. The lowest BCUT2D eigenvalue weighted by atomic mass is 10.3. The maximum Gasteiger partial charge on any atom is 0.209 e. The van der Waals surface area contributed by atoms with Crippen LogP contribution in [0.2, 0.25) is 0 Å². The molecule has 0 radical (unpaired) electrons. The number of tetrazole rings is 1. The van der Waals surface area contributed by atoms with E-state index in [9.17, 15) is 0 Å². The van der Waals surface area contributed by atoms with Gasteiger partial charge in [0.1, 0.15) is 0 Å². The van der Waals surface area contributed by atoms with Crippen LogP contribution in [-0.4, -0.2) is 25.5 Å². The fourth-order valence-corrected chi connectivity index (χ4v) is 3.16. The molecule has 0 saturated heterocycles. The highest BCUT2D eigenvalue weighted by Gasteiger charge is 2.23. The third kappa shape index (κ3) is 2.97. The minimum atomic E-state index is 0.297. The van der Waals surface area contributed by atoms with Gasteiger partial charge in [0.25, 0.3) is 0 Å². The molecule has 1 aliphatic carbocycles. The molecule has 1 aromatic rings. The van der Waals surface area contributed by atoms with Gasteiger partial charge in [-0.05, 0) is 29.7 Å². The summed E-state index contributed by atoms with van der Waals surface area (Å²) in [6.45, 7) is 2.10. The summed E-state index contributed by atoms with van der Waals surface area (Å²) in [5.74, 6) is 0. The second kappa shape index (κ2) is 6.01. The number of aromatic nitrogens is 4. The number of nitriles is 1. The molecule has 0 amide bonds. The van der Waals surface area contributed by atoms with Crippen molar-refractivity contribution in [3.8, 4) is 6.07 Å². The van der Waals surface area contributed by atoms with Gasteiger partial charge in [0.2, 0.25) is 5.16 Å². The molecule has 5 nitrogen and oxygen atoms in total. The Morgan fingerprint density at radius 2 is 2.29 bits per heavy atom. The lowest BCUT2D eigenvalue weighted by molar-refractivity contribution is 0.422. The molecule has 1 aliphatic rings. The Kier molecular flexibility index (Phi) is 4.37. The van der Waals surface area contributed by atoms with Gasteiger partial charge in [0.15, 0.2) is 0 Å². The Hall–Kier alpha value is -1.09. The summed E-state index contributed by atoms with van der Waals surface area (Å²) < 4.78 is 1.96. The molecule has 0 N–H and O–H groups in total. The van der Waals surface area contributed by atoms with E-state index < -0.39 is 0 Å². The van der Waals surface area contributed by atoms with Crippen molar-refractivity contribution in [3.05, 3.63) is 0 Å². The highest BCUT2D eigenvalue weighted by Crippen LogP contribution is 2.33. The van der Waals surface area contributed by atoms with E-state index in [2.05, 4.69) is 28.5 Å². The van der Waals surface area contributed by atoms with E-state index in [1.54, 1.807) is 11.8 Å². The maximum absolute atomic E-state index is 8.76. The molecule has 1 unspecified atom stereocenters. The van der Waals surface area contributed by atoms with Crippen molar-refractivity contribution in [2.24, 2.45) is 0 Å². The first-order chi connectivity index (χ1) is 8.35. The molecule has 1 fully saturated rings. The third-order valence-electron chi connectivity index (χ3n) is 3.18. The van der Waals surface area contributed by atoms with Gasteiger partial charge >= 0.3 is 0 Å². The topological polar surface area (TPSA) is 67.4 Å². The minimum absolute atomic E-state index is 0.297. The predicted octanol–water partition coefficient (Wildman–Crippen LogP) is 2.57. The molecule has 1 saturated carbocycles. The van der Waals surface area contributed by atoms with Gasteiger partial charge in [0, 0.05) is 11.7 Å². The zero-order valence-electron chi connectivity index (χ0n) is 10.0. The number of thioether (sulfide) groups is 1. The Morgan fingerprint density at radius 1 is 1.53 bits per heavy atom. The summed E-state index contributed by atoms with van der Waals surface area (Å²) in [4.78, 5) is 0. The van der Waals surface area contributed by atoms with Crippen molar-refractivity contribution >= 4 is 11.8 Å². The van der Waals surface area contributed by atoms with Crippen molar-refractivity contribution in [2.75, 3.05) is 0 Å². The molecule has 0 aliphatic heterocycles. The predicted molar refractivity (Wildman–Crippen MR) is 65.5 cm³/mol. The first kappa shape index (κ1) is 12.4. The van der Waals surface area contributed by atoms with Crippen LogP contribution in [0.3, 0.4) is 0 Å². The Labute approximate surface area is 106 Å². The zero-order valence-corrected chi connectivity index (χ0v) is 10.9. The van der Waals surface area contributed by atoms with Crippen LogP contribution in [0.15, 0.2) is 5.16 Å². The zero-order chi connectivity index (χ0) is 12.1. The van der Waals surface area contributed by atoms with Crippen LogP contribution >= 0.6 is 11.8 Å². The van der Waals surface area contributed by atoms with Crippen molar-refractivity contribution in [3.63, 3.8) is 0 Å². The van der Waals surface area contributed by atoms with Gasteiger partial charge in [0.05, 0.1) is 12.1 Å². The Balaban J connectivity index is 2.05. The molecule has 17 heavy (non-hydrogen) atoms. The second-order valence-corrected chi connectivity index (χ2v) is 5.62. The maximum atomic E-state index is 8.76. The van der Waals surface area contributed by atoms with Gasteiger partial charge < -0.3 is 0 Å². The summed E-state index contributed by atoms with van der Waals surface area (Å²) in [6.07, 6.45) is 6.41. The molecular formula is C11H17N5S. The number of hydrogen-bond acceptors (Lipinski definition) is 5. The van der Waals surface area contributed by atoms with Crippen molar-refractivity contribution in [2.45, 2.75) is 61.9 Å². The van der Waals surface area contributed by atoms with Gasteiger partial charge in [-0.1, -0.05) is 31.5 Å². The fraction of sp³-hybridized carbons (Fsp3) is 0.818. The van der Waals surface area contributed by atoms with Crippen LogP contribution in [0.1, 0.15) is 51.5 Å². The molecule has 0 aromatic carbocycles. The van der Waals surface area contributed by atoms with Gasteiger partial charge in [-0.2, -0.15) is 5.26 Å². The van der Waals surface area contributed by atoms with E-state index >= 15 is 0 Å². The molecule has 1 atom stereocenters. The van der Waals surface area contributed by atoms with Crippen LogP contribution in [0.4, 0.5) is 0 Å². The van der Waals surface area contributed by atoms with E-state index in [0.717, 1.165) is 11.6 Å². The Morgan fingerprint density at radius 3 is 2.94 bits per heavy atom. The smallest absolute Gasteiger partial charge is 0.209 e. The van der Waals surface area contributed by atoms with Crippen LogP contribution < -0.4 is 0 Å². The van der Waals surface area contributed by atoms with E-state index in [-0.39, 0.29) is 0 Å². The number of hydrogen-bond donors (Lipinski definition) is 0. The highest BCUT2D eigenvalue weighted by molar-refractivity contribution is 7.99. The van der Waals surface area contributed by atoms with Crippen molar-refractivity contribution in [1.29, 1.82) is 5.26 Å². The van der Waals surface area contributed by atoms with Gasteiger partial charge in [-0.3, -0.25) is 0 Å². The van der Waals surface area contributed by atoms with E-state index in [1.165, 1.54) is 25.7 Å². The van der Waals surface area contributed by atoms with Crippen LogP contribution in [0.25, 0.3) is 0 Å². The van der Waals surface area contributed by atoms with E-state index in [4.69, 9.17) is 5.26 Å². The van der Waals surface area contributed by atoms with Crippen molar-refractivity contribution < 1.29 is 0 Å². The van der Waals surface area contributed by atoms with Crippen LogP contribution in [0, 0.1) is 11.3 Å². The SMILES string of the molecule is CCC(CC#N)Sc1nnnn1C1CCCC1. The minimum Gasteiger partial charge on any atom is -0.217 e. The molecular weight excluding hydrogens is 234 g/mol. The molecule has 6 heteroatoms. The van der Waals surface area contributed by atoms with E-state index in [1.807, 2.05) is 4.68 Å². The number of rotatable bonds is 5. The first-order valence-corrected chi connectivity index (χ1v) is 7.04. The monoisotopic (exact) mass is 251 g/mol. The summed E-state index contributed by atoms with van der Waals surface area (Å²) in [6, 6.07) is 2.69. The standard InChI is InChI=1S/C11H17N5S/c1-2-10(7-8-12)17-11-13-14-15-16(11)9-5-3-4-6-9/h9-10H,2-7H2,1H3. The molecule has 92 valence electrons. The summed E-state index contributed by atoms with van der Waals surface area (Å²) in [5.41, 5.74) is 0. The highest BCUT2D eigenvalue weighted by atomic mass is 32.2. The number of nitrogens with zero attached hydrogens (tertiary/aromatic N) is 5. The van der Waals surface area contributed by atoms with Gasteiger partial charge in [-0.15, -0.1) is 5.10 Å². The van der Waals surface area contributed by atoms with Crippen LogP contribution in [0.5, 0.6) is 0 Å². The average molecular weight is 251 g/mol. The Bertz CT molecular complexity index is 391. The first-order valence-electron chi connectivity index (χ1n) is 6.16. The van der Waals surface area contributed by atoms with Gasteiger partial charge in [-0.25, -0.2) is 4.68 Å². The molecule has 1 aromatic heterocycles. The molecule has 1 heterocycles. The second-order valence-electron chi connectivity index (χ2n) is 4.35. The van der Waals surface area contributed by atoms with E-state index in [0.29, 0.717) is 17.7 Å².